The first-order chi connectivity index (χ1) is 15.3. The summed E-state index contributed by atoms with van der Waals surface area (Å²) in [5, 5.41) is 0.449. The number of piperazine rings is 1. The Labute approximate surface area is 190 Å². The standard InChI is InChI=1S/C21H21ClN2O7S/c22-16-2-4-17(5-3-16)32(27,28)24-9-7-23(8-10-24)20(25)14-31-21(26)15-1-6-18-19(13-15)30-12-11-29-18/h1-6,13H,7-12,14H2. The number of carbonyl (C=O) groups excluding carboxylic acids is 2. The lowest BCUT2D eigenvalue weighted by Crippen LogP contribution is -2.51. The molecule has 0 atom stereocenters. The maximum atomic E-state index is 12.7. The van der Waals surface area contributed by atoms with Crippen LogP contribution >= 0.6 is 11.6 Å². The fraction of sp³-hybridized carbons (Fsp3) is 0.333. The van der Waals surface area contributed by atoms with Crippen LogP contribution in [0.15, 0.2) is 47.4 Å². The molecular weight excluding hydrogens is 460 g/mol. The maximum absolute atomic E-state index is 12.7. The molecule has 0 aliphatic carbocycles. The van der Waals surface area contributed by atoms with Gasteiger partial charge in [0.2, 0.25) is 10.0 Å². The molecule has 0 radical (unpaired) electrons. The van der Waals surface area contributed by atoms with E-state index in [0.717, 1.165) is 0 Å². The number of hydrogen-bond donors (Lipinski definition) is 0. The maximum Gasteiger partial charge on any atom is 0.338 e. The third kappa shape index (κ3) is 4.82. The lowest BCUT2D eigenvalue weighted by molar-refractivity contribution is -0.135. The topological polar surface area (TPSA) is 102 Å². The highest BCUT2D eigenvalue weighted by Gasteiger charge is 2.30. The van der Waals surface area contributed by atoms with Gasteiger partial charge in [0.15, 0.2) is 18.1 Å². The molecule has 11 heteroatoms. The highest BCUT2D eigenvalue weighted by atomic mass is 35.5. The van der Waals surface area contributed by atoms with Gasteiger partial charge in [-0.2, -0.15) is 4.31 Å². The second-order valence-corrected chi connectivity index (χ2v) is 9.55. The zero-order chi connectivity index (χ0) is 22.7. The first-order valence-corrected chi connectivity index (χ1v) is 11.8. The lowest BCUT2D eigenvalue weighted by Gasteiger charge is -2.33. The minimum absolute atomic E-state index is 0.146. The minimum atomic E-state index is -3.67. The van der Waals surface area contributed by atoms with Crippen molar-refractivity contribution in [3.8, 4) is 11.5 Å². The average Bonchev–Trinajstić information content (AvgIpc) is 2.82. The number of sulfonamides is 1. The molecule has 0 spiro atoms. The van der Waals surface area contributed by atoms with Gasteiger partial charge in [0.25, 0.3) is 5.91 Å². The molecule has 32 heavy (non-hydrogen) atoms. The van der Waals surface area contributed by atoms with Gasteiger partial charge >= 0.3 is 5.97 Å². The molecule has 0 unspecified atom stereocenters. The summed E-state index contributed by atoms with van der Waals surface area (Å²) in [5.74, 6) is -0.0379. The molecule has 170 valence electrons. The summed E-state index contributed by atoms with van der Waals surface area (Å²) >= 11 is 5.82. The van der Waals surface area contributed by atoms with Crippen LogP contribution in [0, 0.1) is 0 Å². The van der Waals surface area contributed by atoms with Crippen molar-refractivity contribution >= 4 is 33.5 Å². The molecule has 0 aromatic heterocycles. The Bertz CT molecular complexity index is 1110. The van der Waals surface area contributed by atoms with Crippen LogP contribution in [0.1, 0.15) is 10.4 Å². The smallest absolute Gasteiger partial charge is 0.338 e. The number of halogens is 1. The van der Waals surface area contributed by atoms with E-state index in [2.05, 4.69) is 0 Å². The van der Waals surface area contributed by atoms with Gasteiger partial charge in [0.1, 0.15) is 13.2 Å². The fourth-order valence-electron chi connectivity index (χ4n) is 3.41. The summed E-state index contributed by atoms with van der Waals surface area (Å²) in [4.78, 5) is 26.4. The Morgan fingerprint density at radius 1 is 0.938 bits per heavy atom. The fourth-order valence-corrected chi connectivity index (χ4v) is 4.95. The van der Waals surface area contributed by atoms with Gasteiger partial charge < -0.3 is 19.1 Å². The Kier molecular flexibility index (Phi) is 6.54. The summed E-state index contributed by atoms with van der Waals surface area (Å²) in [5.41, 5.74) is 0.251. The Morgan fingerprint density at radius 3 is 2.28 bits per heavy atom. The molecule has 1 amide bonds. The number of esters is 1. The van der Waals surface area contributed by atoms with Crippen LogP contribution in [0.2, 0.25) is 5.02 Å². The number of benzene rings is 2. The SMILES string of the molecule is O=C(OCC(=O)N1CCN(S(=O)(=O)c2ccc(Cl)cc2)CC1)c1ccc2c(c1)OCCO2. The molecular formula is C21H21ClN2O7S. The molecule has 2 aromatic carbocycles. The van der Waals surface area contributed by atoms with Crippen LogP contribution < -0.4 is 9.47 Å². The molecule has 9 nitrogen and oxygen atoms in total. The van der Waals surface area contributed by atoms with Crippen LogP contribution in [-0.4, -0.2) is 75.5 Å². The van der Waals surface area contributed by atoms with E-state index in [1.165, 1.54) is 39.5 Å². The molecule has 2 aliphatic heterocycles. The van der Waals surface area contributed by atoms with Crippen LogP contribution in [-0.2, 0) is 19.6 Å². The molecule has 2 heterocycles. The van der Waals surface area contributed by atoms with Crippen LogP contribution in [0.4, 0.5) is 0 Å². The first kappa shape index (κ1) is 22.4. The van der Waals surface area contributed by atoms with Crippen molar-refractivity contribution in [3.05, 3.63) is 53.1 Å². The normalized spacial score (nSPS) is 16.5. The predicted octanol–water partition coefficient (Wildman–Crippen LogP) is 1.80. The van der Waals surface area contributed by atoms with Gasteiger partial charge in [0.05, 0.1) is 10.5 Å². The highest BCUT2D eigenvalue weighted by Crippen LogP contribution is 2.31. The monoisotopic (exact) mass is 480 g/mol. The number of hydrogen-bond acceptors (Lipinski definition) is 7. The van der Waals surface area contributed by atoms with Crippen LogP contribution in [0.25, 0.3) is 0 Å². The zero-order valence-corrected chi connectivity index (χ0v) is 18.6. The number of fused-ring (bicyclic) bond motifs is 1. The van der Waals surface area contributed by atoms with E-state index in [1.807, 2.05) is 0 Å². The second kappa shape index (κ2) is 9.35. The minimum Gasteiger partial charge on any atom is -0.486 e. The van der Waals surface area contributed by atoms with E-state index >= 15 is 0 Å². The van der Waals surface area contributed by atoms with Crippen molar-refractivity contribution in [2.45, 2.75) is 4.90 Å². The van der Waals surface area contributed by atoms with Gasteiger partial charge in [-0.25, -0.2) is 13.2 Å². The van der Waals surface area contributed by atoms with E-state index in [0.29, 0.717) is 29.7 Å². The van der Waals surface area contributed by atoms with Gasteiger partial charge in [-0.3, -0.25) is 4.79 Å². The van der Waals surface area contributed by atoms with Crippen molar-refractivity contribution in [2.75, 3.05) is 46.0 Å². The highest BCUT2D eigenvalue weighted by molar-refractivity contribution is 7.89. The second-order valence-electron chi connectivity index (χ2n) is 7.17. The Morgan fingerprint density at radius 2 is 1.59 bits per heavy atom. The third-order valence-corrected chi connectivity index (χ3v) is 7.31. The average molecular weight is 481 g/mol. The molecule has 0 saturated carbocycles. The number of rotatable bonds is 5. The molecule has 0 N–H and O–H groups in total. The van der Waals surface area contributed by atoms with E-state index in [4.69, 9.17) is 25.8 Å². The van der Waals surface area contributed by atoms with Crippen molar-refractivity contribution in [1.82, 2.24) is 9.21 Å². The summed E-state index contributed by atoms with van der Waals surface area (Å²) < 4.78 is 42.8. The zero-order valence-electron chi connectivity index (χ0n) is 17.0. The van der Waals surface area contributed by atoms with Crippen molar-refractivity contribution in [1.29, 1.82) is 0 Å². The van der Waals surface area contributed by atoms with E-state index in [9.17, 15) is 18.0 Å². The number of amides is 1. The van der Waals surface area contributed by atoms with Gasteiger partial charge in [-0.15, -0.1) is 0 Å². The number of ether oxygens (including phenoxy) is 3. The van der Waals surface area contributed by atoms with Gasteiger partial charge in [-0.1, -0.05) is 11.6 Å². The summed E-state index contributed by atoms with van der Waals surface area (Å²) in [7, 11) is -3.67. The van der Waals surface area contributed by atoms with E-state index in [-0.39, 0.29) is 42.5 Å². The van der Waals surface area contributed by atoms with E-state index < -0.39 is 22.6 Å². The molecule has 2 aliphatic rings. The predicted molar refractivity (Wildman–Crippen MR) is 115 cm³/mol. The first-order valence-electron chi connectivity index (χ1n) is 9.95. The molecule has 0 bridgehead atoms. The molecule has 4 rings (SSSR count). The van der Waals surface area contributed by atoms with Crippen LogP contribution in [0.3, 0.4) is 0 Å². The van der Waals surface area contributed by atoms with E-state index in [1.54, 1.807) is 12.1 Å². The summed E-state index contributed by atoms with van der Waals surface area (Å²) in [6.45, 7) is 1.10. The van der Waals surface area contributed by atoms with Crippen molar-refractivity contribution < 1.29 is 32.2 Å². The van der Waals surface area contributed by atoms with Gasteiger partial charge in [0, 0.05) is 31.2 Å². The molecule has 1 saturated heterocycles. The quantitative estimate of drug-likeness (QED) is 0.601. The largest absolute Gasteiger partial charge is 0.486 e. The number of nitrogens with zero attached hydrogens (tertiary/aromatic N) is 2. The van der Waals surface area contributed by atoms with Crippen molar-refractivity contribution in [2.24, 2.45) is 0 Å². The summed E-state index contributed by atoms with van der Waals surface area (Å²) in [6, 6.07) is 10.6. The van der Waals surface area contributed by atoms with Crippen LogP contribution in [0.5, 0.6) is 11.5 Å². The lowest BCUT2D eigenvalue weighted by atomic mass is 10.2. The summed E-state index contributed by atoms with van der Waals surface area (Å²) in [6.07, 6.45) is 0. The third-order valence-electron chi connectivity index (χ3n) is 5.15. The Hall–Kier alpha value is -2.82. The molecule has 1 fully saturated rings. The Balaban J connectivity index is 1.29. The van der Waals surface area contributed by atoms with Gasteiger partial charge in [-0.05, 0) is 42.5 Å². The van der Waals surface area contributed by atoms with Crippen molar-refractivity contribution in [3.63, 3.8) is 0 Å². The number of carbonyl (C=O) groups is 2. The molecule has 2 aromatic rings.